The van der Waals surface area contributed by atoms with E-state index in [1.54, 1.807) is 6.07 Å². The number of aliphatic hydroxyl groups excluding tert-OH is 1. The van der Waals surface area contributed by atoms with Crippen molar-refractivity contribution in [3.8, 4) is 11.5 Å². The summed E-state index contributed by atoms with van der Waals surface area (Å²) in [4.78, 5) is 38.5. The van der Waals surface area contributed by atoms with Crippen LogP contribution in [0.1, 0.15) is 77.5 Å². The fourth-order valence-corrected chi connectivity index (χ4v) is 4.85. The second kappa shape index (κ2) is 14.6. The second-order valence-electron chi connectivity index (χ2n) is 9.90. The molecule has 0 bridgehead atoms. The van der Waals surface area contributed by atoms with Crippen molar-refractivity contribution in [2.45, 2.75) is 69.0 Å². The molecule has 12 heteroatoms. The Kier molecular flexibility index (Phi) is 11.5. The summed E-state index contributed by atoms with van der Waals surface area (Å²) in [6, 6.07) is 7.37. The van der Waals surface area contributed by atoms with Gasteiger partial charge in [-0.15, -0.1) is 12.6 Å². The van der Waals surface area contributed by atoms with Gasteiger partial charge >= 0.3 is 12.1 Å². The summed E-state index contributed by atoms with van der Waals surface area (Å²) in [5.41, 5.74) is -0.386. The van der Waals surface area contributed by atoms with Gasteiger partial charge in [0.15, 0.2) is 11.2 Å². The van der Waals surface area contributed by atoms with E-state index >= 15 is 0 Å². The molecule has 2 atom stereocenters. The molecule has 43 heavy (non-hydrogen) atoms. The zero-order chi connectivity index (χ0) is 31.9. The van der Waals surface area contributed by atoms with E-state index < -0.39 is 48.2 Å². The average Bonchev–Trinajstić information content (AvgIpc) is 2.94. The van der Waals surface area contributed by atoms with E-state index in [4.69, 9.17) is 13.9 Å². The third kappa shape index (κ3) is 8.41. The first-order chi connectivity index (χ1) is 20.3. The van der Waals surface area contributed by atoms with Gasteiger partial charge in [0.1, 0.15) is 17.1 Å². The lowest BCUT2D eigenvalue weighted by molar-refractivity contribution is -0.140. The Hall–Kier alpha value is -3.77. The first-order valence-corrected chi connectivity index (χ1v) is 14.0. The third-order valence-electron chi connectivity index (χ3n) is 6.76. The van der Waals surface area contributed by atoms with Crippen LogP contribution in [-0.2, 0) is 11.2 Å². The highest BCUT2D eigenvalue weighted by Gasteiger charge is 2.34. The van der Waals surface area contributed by atoms with Gasteiger partial charge < -0.3 is 24.1 Å². The highest BCUT2D eigenvalue weighted by atomic mass is 32.1. The van der Waals surface area contributed by atoms with Crippen molar-refractivity contribution in [3.63, 3.8) is 0 Å². The van der Waals surface area contributed by atoms with Crippen LogP contribution in [0.25, 0.3) is 11.0 Å². The van der Waals surface area contributed by atoms with Crippen molar-refractivity contribution in [1.82, 2.24) is 0 Å². The van der Waals surface area contributed by atoms with E-state index in [1.807, 2.05) is 6.92 Å². The summed E-state index contributed by atoms with van der Waals surface area (Å²) in [6.45, 7) is 3.30. The Morgan fingerprint density at radius 3 is 2.53 bits per heavy atom. The maximum Gasteiger partial charge on any atom is 0.389 e. The van der Waals surface area contributed by atoms with Gasteiger partial charge in [-0.2, -0.15) is 13.2 Å². The minimum absolute atomic E-state index is 0.0180. The van der Waals surface area contributed by atoms with Gasteiger partial charge in [-0.05, 0) is 56.5 Å². The topological polar surface area (TPSA) is 123 Å². The number of rotatable bonds is 13. The number of phenolic OH excluding ortho intramolecular Hbond substituents is 1. The molecule has 0 saturated carbocycles. The third-order valence-corrected chi connectivity index (χ3v) is 7.04. The number of carbonyl (C=O) groups excluding carboxylic acids is 2. The Balaban J connectivity index is 1.96. The molecule has 0 amide bonds. The first kappa shape index (κ1) is 33.7. The fraction of sp³-hybridized carbons (Fsp3) is 0.387. The maximum absolute atomic E-state index is 13.6. The minimum Gasteiger partial charge on any atom is -0.507 e. The Morgan fingerprint density at radius 2 is 1.91 bits per heavy atom. The molecular weight excluding hydrogens is 589 g/mol. The van der Waals surface area contributed by atoms with Crippen LogP contribution in [0.15, 0.2) is 56.6 Å². The molecule has 232 valence electrons. The number of thiol groups is 1. The SMILES string of the molecule is CCCc1c(OCCC=C[C@@H](c2c(C(=O)OC)oc3cc(S)ccc3c2=O)[C@H](O)CCC(F)(F)F)ccc(C(C)=O)c1O. The van der Waals surface area contributed by atoms with Crippen LogP contribution in [0.4, 0.5) is 13.2 Å². The van der Waals surface area contributed by atoms with E-state index in [9.17, 15) is 37.8 Å². The van der Waals surface area contributed by atoms with Crippen LogP contribution < -0.4 is 10.2 Å². The molecule has 3 rings (SSSR count). The van der Waals surface area contributed by atoms with Crippen LogP contribution in [0.5, 0.6) is 11.5 Å². The van der Waals surface area contributed by atoms with Crippen LogP contribution in [0, 0.1) is 0 Å². The van der Waals surface area contributed by atoms with Gasteiger partial charge in [0.05, 0.1) is 36.3 Å². The largest absolute Gasteiger partial charge is 0.507 e. The number of Topliss-reactive ketones (excluding diaryl/α,β-unsaturated/α-hetero) is 1. The number of benzene rings is 2. The number of carbonyl (C=O) groups is 2. The Bertz CT molecular complexity index is 1560. The molecule has 1 aromatic heterocycles. The number of ether oxygens (including phenoxy) is 2. The van der Waals surface area contributed by atoms with Gasteiger partial charge in [0.25, 0.3) is 0 Å². The van der Waals surface area contributed by atoms with Crippen LogP contribution in [0.3, 0.4) is 0 Å². The maximum atomic E-state index is 13.6. The quantitative estimate of drug-likeness (QED) is 0.0646. The molecule has 0 aliphatic heterocycles. The van der Waals surface area contributed by atoms with Gasteiger partial charge in [-0.3, -0.25) is 9.59 Å². The van der Waals surface area contributed by atoms with Gasteiger partial charge in [-0.25, -0.2) is 4.79 Å². The van der Waals surface area contributed by atoms with Crippen molar-refractivity contribution in [3.05, 3.63) is 75.2 Å². The lowest BCUT2D eigenvalue weighted by Gasteiger charge is -2.22. The van der Waals surface area contributed by atoms with Crippen molar-refractivity contribution < 1.29 is 46.9 Å². The van der Waals surface area contributed by atoms with Crippen LogP contribution in [-0.4, -0.2) is 48.0 Å². The lowest BCUT2D eigenvalue weighted by atomic mass is 9.88. The summed E-state index contributed by atoms with van der Waals surface area (Å²) >= 11 is 4.21. The summed E-state index contributed by atoms with van der Waals surface area (Å²) < 4.78 is 55.3. The zero-order valence-electron chi connectivity index (χ0n) is 23.9. The number of hydrogen-bond acceptors (Lipinski definition) is 9. The van der Waals surface area contributed by atoms with Crippen molar-refractivity contribution in [2.75, 3.05) is 13.7 Å². The van der Waals surface area contributed by atoms with E-state index in [-0.39, 0.29) is 46.7 Å². The predicted molar refractivity (Wildman–Crippen MR) is 156 cm³/mol. The number of alkyl halides is 3. The fourth-order valence-electron chi connectivity index (χ4n) is 4.66. The van der Waals surface area contributed by atoms with Crippen LogP contribution in [0.2, 0.25) is 0 Å². The van der Waals surface area contributed by atoms with E-state index in [2.05, 4.69) is 12.6 Å². The molecule has 0 unspecified atom stereocenters. The summed E-state index contributed by atoms with van der Waals surface area (Å²) in [5, 5.41) is 21.5. The average molecular weight is 623 g/mol. The standard InChI is InChI=1S/C31H33F3O8S/c1-4-7-21-24(12-11-19(17(2)35)27(21)37)41-15-6-5-8-20(23(36)13-14-31(32,33)34)26-28(38)22-10-9-18(43)16-25(22)42-29(26)30(39)40-3/h5,8-12,16,20,23,36-37,43H,4,6-7,13-15H2,1-3H3/t20-,23-/m1/s1. The van der Waals surface area contributed by atoms with Gasteiger partial charge in [-0.1, -0.05) is 25.5 Å². The number of esters is 1. The highest BCUT2D eigenvalue weighted by Crippen LogP contribution is 2.34. The normalized spacial score (nSPS) is 13.3. The number of phenols is 1. The second-order valence-corrected chi connectivity index (χ2v) is 10.4. The van der Waals surface area contributed by atoms with Gasteiger partial charge in [0.2, 0.25) is 5.76 Å². The summed E-state index contributed by atoms with van der Waals surface area (Å²) in [6.07, 6.45) is -4.19. The van der Waals surface area contributed by atoms with E-state index in [1.165, 1.54) is 43.3 Å². The zero-order valence-corrected chi connectivity index (χ0v) is 24.8. The Labute approximate surface area is 251 Å². The highest BCUT2D eigenvalue weighted by molar-refractivity contribution is 7.80. The molecule has 0 saturated heterocycles. The molecule has 0 radical (unpaired) electrons. The number of ketones is 1. The lowest BCUT2D eigenvalue weighted by Crippen LogP contribution is -2.28. The first-order valence-electron chi connectivity index (χ1n) is 13.6. The molecule has 0 spiro atoms. The molecule has 1 heterocycles. The molecule has 0 aliphatic rings. The summed E-state index contributed by atoms with van der Waals surface area (Å²) in [5.74, 6) is -3.02. The number of hydrogen-bond donors (Lipinski definition) is 3. The Morgan fingerprint density at radius 1 is 1.19 bits per heavy atom. The molecular formula is C31H33F3O8S. The van der Waals surface area contributed by atoms with E-state index in [0.29, 0.717) is 29.1 Å². The number of aromatic hydroxyl groups is 1. The number of aliphatic hydroxyl groups is 1. The smallest absolute Gasteiger partial charge is 0.389 e. The molecule has 3 aromatic rings. The van der Waals surface area contributed by atoms with Crippen molar-refractivity contribution in [1.29, 1.82) is 0 Å². The predicted octanol–water partition coefficient (Wildman–Crippen LogP) is 6.54. The van der Waals surface area contributed by atoms with Gasteiger partial charge in [0, 0.05) is 22.8 Å². The molecule has 0 fully saturated rings. The molecule has 2 N–H and O–H groups in total. The number of halogens is 3. The molecule has 0 aliphatic carbocycles. The monoisotopic (exact) mass is 622 g/mol. The van der Waals surface area contributed by atoms with Crippen LogP contribution >= 0.6 is 12.6 Å². The molecule has 2 aromatic carbocycles. The molecule has 8 nitrogen and oxygen atoms in total. The number of methoxy groups -OCH3 is 1. The van der Waals surface area contributed by atoms with E-state index in [0.717, 1.165) is 7.11 Å². The van der Waals surface area contributed by atoms with Crippen molar-refractivity contribution in [2.24, 2.45) is 0 Å². The summed E-state index contributed by atoms with van der Waals surface area (Å²) in [7, 11) is 1.06. The minimum atomic E-state index is -4.56. The number of fused-ring (bicyclic) bond motifs is 1. The van der Waals surface area contributed by atoms with Crippen molar-refractivity contribution >= 4 is 35.4 Å².